The Morgan fingerprint density at radius 2 is 2.00 bits per heavy atom. The molecular weight excluding hydrogens is 208 g/mol. The summed E-state index contributed by atoms with van der Waals surface area (Å²) in [5.74, 6) is 1.26. The van der Waals surface area contributed by atoms with Gasteiger partial charge >= 0.3 is 0 Å². The average Bonchev–Trinajstić information content (AvgIpc) is 2.28. The van der Waals surface area contributed by atoms with E-state index in [9.17, 15) is 10.2 Å². The summed E-state index contributed by atoms with van der Waals surface area (Å²) in [7, 11) is 0. The lowest BCUT2D eigenvalue weighted by Crippen LogP contribution is -2.54. The lowest BCUT2D eigenvalue weighted by molar-refractivity contribution is -0.135. The quantitative estimate of drug-likeness (QED) is 0.785. The first-order chi connectivity index (χ1) is 7.51. The van der Waals surface area contributed by atoms with Crippen molar-refractivity contribution in [3.63, 3.8) is 0 Å². The van der Waals surface area contributed by atoms with Gasteiger partial charge in [0.15, 0.2) is 17.6 Å². The number of ether oxygens (including phenoxy) is 2. The number of fused-ring (bicyclic) bond motifs is 1. The van der Waals surface area contributed by atoms with Crippen LogP contribution in [0.15, 0.2) is 24.3 Å². The Hall–Kier alpha value is -1.26. The molecule has 0 fully saturated rings. The van der Waals surface area contributed by atoms with E-state index in [0.717, 1.165) is 0 Å². The molecule has 0 radical (unpaired) electrons. The van der Waals surface area contributed by atoms with E-state index < -0.39 is 17.8 Å². The smallest absolute Gasteiger partial charge is 0.163 e. The summed E-state index contributed by atoms with van der Waals surface area (Å²) < 4.78 is 11.1. The highest BCUT2D eigenvalue weighted by Gasteiger charge is 2.41. The molecule has 0 saturated heterocycles. The zero-order chi connectivity index (χ0) is 11.8. The number of hydrogen-bond donors (Lipinski definition) is 2. The van der Waals surface area contributed by atoms with Crippen molar-refractivity contribution in [3.05, 3.63) is 24.3 Å². The maximum absolute atomic E-state index is 10.1. The van der Waals surface area contributed by atoms with Gasteiger partial charge in [0.1, 0.15) is 12.2 Å². The van der Waals surface area contributed by atoms with Gasteiger partial charge in [-0.25, -0.2) is 0 Å². The minimum atomic E-state index is -1.33. The van der Waals surface area contributed by atoms with Crippen LogP contribution in [0.1, 0.15) is 13.8 Å². The third-order valence-corrected chi connectivity index (χ3v) is 3.01. The molecule has 16 heavy (non-hydrogen) atoms. The van der Waals surface area contributed by atoms with Gasteiger partial charge in [0, 0.05) is 0 Å². The standard InChI is InChI=1S/C12H16O4/c1-8(13)12(2,14)11-7-15-9-5-3-4-6-10(9)16-11/h3-6,8,11,13-14H,7H2,1-2H3. The molecular formula is C12H16O4. The fraction of sp³-hybridized carbons (Fsp3) is 0.500. The van der Waals surface area contributed by atoms with E-state index in [-0.39, 0.29) is 6.61 Å². The molecule has 2 N–H and O–H groups in total. The molecule has 0 saturated carbocycles. The van der Waals surface area contributed by atoms with Crippen molar-refractivity contribution in [2.75, 3.05) is 6.61 Å². The van der Waals surface area contributed by atoms with Gasteiger partial charge in [-0.2, -0.15) is 0 Å². The molecule has 3 unspecified atom stereocenters. The summed E-state index contributed by atoms with van der Waals surface area (Å²) in [5, 5.41) is 19.6. The molecule has 3 atom stereocenters. The van der Waals surface area contributed by atoms with Gasteiger partial charge in [0.25, 0.3) is 0 Å². The van der Waals surface area contributed by atoms with Gasteiger partial charge in [0.05, 0.1) is 6.10 Å². The lowest BCUT2D eigenvalue weighted by Gasteiger charge is -2.37. The van der Waals surface area contributed by atoms with Crippen LogP contribution in [0.3, 0.4) is 0 Å². The van der Waals surface area contributed by atoms with E-state index >= 15 is 0 Å². The number of benzene rings is 1. The Morgan fingerprint density at radius 1 is 1.38 bits per heavy atom. The first-order valence-electron chi connectivity index (χ1n) is 5.30. The molecule has 1 heterocycles. The summed E-state index contributed by atoms with van der Waals surface area (Å²) in [6.07, 6.45) is -1.45. The number of para-hydroxylation sites is 2. The maximum atomic E-state index is 10.1. The minimum Gasteiger partial charge on any atom is -0.486 e. The second kappa shape index (κ2) is 3.96. The topological polar surface area (TPSA) is 58.9 Å². The van der Waals surface area contributed by atoms with Crippen molar-refractivity contribution in [3.8, 4) is 11.5 Å². The molecule has 1 aliphatic rings. The van der Waals surface area contributed by atoms with Crippen LogP contribution in [0.5, 0.6) is 11.5 Å². The van der Waals surface area contributed by atoms with Gasteiger partial charge in [-0.1, -0.05) is 12.1 Å². The van der Waals surface area contributed by atoms with Crippen molar-refractivity contribution < 1.29 is 19.7 Å². The molecule has 4 heteroatoms. The molecule has 0 bridgehead atoms. The summed E-state index contributed by atoms with van der Waals surface area (Å²) in [6.45, 7) is 3.30. The fourth-order valence-corrected chi connectivity index (χ4v) is 1.58. The molecule has 1 aromatic carbocycles. The van der Waals surface area contributed by atoms with Gasteiger partial charge in [0.2, 0.25) is 0 Å². The summed E-state index contributed by atoms with van der Waals surface area (Å²) >= 11 is 0. The van der Waals surface area contributed by atoms with Gasteiger partial charge in [-0.3, -0.25) is 0 Å². The van der Waals surface area contributed by atoms with E-state index in [1.807, 2.05) is 18.2 Å². The zero-order valence-electron chi connectivity index (χ0n) is 9.38. The molecule has 1 aliphatic heterocycles. The first-order valence-corrected chi connectivity index (χ1v) is 5.30. The summed E-state index contributed by atoms with van der Waals surface area (Å²) in [5.41, 5.74) is -1.33. The Morgan fingerprint density at radius 3 is 2.62 bits per heavy atom. The van der Waals surface area contributed by atoms with Crippen LogP contribution in [0.2, 0.25) is 0 Å². The van der Waals surface area contributed by atoms with E-state index in [0.29, 0.717) is 11.5 Å². The summed E-state index contributed by atoms with van der Waals surface area (Å²) in [4.78, 5) is 0. The van der Waals surface area contributed by atoms with Crippen LogP contribution in [0.25, 0.3) is 0 Å². The summed E-state index contributed by atoms with van der Waals surface area (Å²) in [6, 6.07) is 7.28. The monoisotopic (exact) mass is 224 g/mol. The zero-order valence-corrected chi connectivity index (χ0v) is 9.38. The molecule has 0 aromatic heterocycles. The molecule has 0 amide bonds. The van der Waals surface area contributed by atoms with Gasteiger partial charge in [-0.15, -0.1) is 0 Å². The van der Waals surface area contributed by atoms with E-state index in [2.05, 4.69) is 0 Å². The molecule has 0 spiro atoms. The Labute approximate surface area is 94.4 Å². The van der Waals surface area contributed by atoms with E-state index in [1.165, 1.54) is 6.92 Å². The SMILES string of the molecule is CC(O)C(C)(O)C1COc2ccccc2O1. The molecule has 2 rings (SSSR count). The van der Waals surface area contributed by atoms with Crippen molar-refractivity contribution in [2.24, 2.45) is 0 Å². The van der Waals surface area contributed by atoms with Crippen LogP contribution < -0.4 is 9.47 Å². The van der Waals surface area contributed by atoms with Crippen LogP contribution in [0, 0.1) is 0 Å². The van der Waals surface area contributed by atoms with Crippen molar-refractivity contribution in [2.45, 2.75) is 31.7 Å². The van der Waals surface area contributed by atoms with Crippen LogP contribution in [-0.2, 0) is 0 Å². The Balaban J connectivity index is 2.20. The largest absolute Gasteiger partial charge is 0.486 e. The van der Waals surface area contributed by atoms with Crippen LogP contribution >= 0.6 is 0 Å². The minimum absolute atomic E-state index is 0.231. The maximum Gasteiger partial charge on any atom is 0.163 e. The highest BCUT2D eigenvalue weighted by atomic mass is 16.6. The number of hydrogen-bond acceptors (Lipinski definition) is 4. The Bertz CT molecular complexity index is 373. The predicted molar refractivity (Wildman–Crippen MR) is 58.7 cm³/mol. The normalized spacial score (nSPS) is 24.6. The van der Waals surface area contributed by atoms with Crippen LogP contribution in [-0.4, -0.2) is 34.6 Å². The number of aliphatic hydroxyl groups is 2. The van der Waals surface area contributed by atoms with Crippen molar-refractivity contribution in [1.82, 2.24) is 0 Å². The van der Waals surface area contributed by atoms with Gasteiger partial charge < -0.3 is 19.7 Å². The van der Waals surface area contributed by atoms with Crippen molar-refractivity contribution >= 4 is 0 Å². The van der Waals surface area contributed by atoms with E-state index in [4.69, 9.17) is 9.47 Å². The van der Waals surface area contributed by atoms with Crippen LogP contribution in [0.4, 0.5) is 0 Å². The third kappa shape index (κ3) is 1.86. The third-order valence-electron chi connectivity index (χ3n) is 3.01. The predicted octanol–water partition coefficient (Wildman–Crippen LogP) is 0.958. The molecule has 4 nitrogen and oxygen atoms in total. The lowest BCUT2D eigenvalue weighted by atomic mass is 9.93. The first kappa shape index (κ1) is 11.2. The highest BCUT2D eigenvalue weighted by molar-refractivity contribution is 5.41. The number of aliphatic hydroxyl groups excluding tert-OH is 1. The van der Waals surface area contributed by atoms with E-state index in [1.54, 1.807) is 13.0 Å². The highest BCUT2D eigenvalue weighted by Crippen LogP contribution is 2.34. The number of rotatable bonds is 2. The Kier molecular flexibility index (Phi) is 2.78. The second-order valence-electron chi connectivity index (χ2n) is 4.27. The molecule has 88 valence electrons. The second-order valence-corrected chi connectivity index (χ2v) is 4.27. The van der Waals surface area contributed by atoms with Crippen molar-refractivity contribution in [1.29, 1.82) is 0 Å². The molecule has 1 aromatic rings. The fourth-order valence-electron chi connectivity index (χ4n) is 1.58. The van der Waals surface area contributed by atoms with Gasteiger partial charge in [-0.05, 0) is 26.0 Å². The average molecular weight is 224 g/mol. The molecule has 0 aliphatic carbocycles.